The average molecular weight is 545 g/mol. The van der Waals surface area contributed by atoms with Crippen LogP contribution in [0.2, 0.25) is 0 Å². The molecule has 10 heteroatoms. The van der Waals surface area contributed by atoms with E-state index in [2.05, 4.69) is 10.4 Å². The fourth-order valence-corrected chi connectivity index (χ4v) is 5.02. The Bertz CT molecular complexity index is 1720. The normalized spacial score (nSPS) is 14.3. The first kappa shape index (κ1) is 25.4. The van der Waals surface area contributed by atoms with E-state index in [1.165, 1.54) is 24.3 Å². The third-order valence-corrected chi connectivity index (χ3v) is 7.28. The van der Waals surface area contributed by atoms with Crippen LogP contribution in [0, 0.1) is 0 Å². The number of halogens is 3. The van der Waals surface area contributed by atoms with Crippen LogP contribution in [-0.4, -0.2) is 31.3 Å². The molecular weight excluding hydrogens is 521 g/mol. The van der Waals surface area contributed by atoms with Gasteiger partial charge in [0.1, 0.15) is 0 Å². The second kappa shape index (κ2) is 9.41. The van der Waals surface area contributed by atoms with E-state index >= 15 is 0 Å². The minimum absolute atomic E-state index is 0.167. The quantitative estimate of drug-likeness (QED) is 0.263. The number of alkyl halides is 3. The van der Waals surface area contributed by atoms with Crippen LogP contribution >= 0.6 is 0 Å². The fourth-order valence-electron chi connectivity index (χ4n) is 5.02. The molecule has 40 heavy (non-hydrogen) atoms. The molecule has 1 saturated carbocycles. The number of carbonyl (C=O) groups excluding carboxylic acids is 1. The zero-order chi connectivity index (χ0) is 28.1. The molecule has 2 N–H and O–H groups in total. The summed E-state index contributed by atoms with van der Waals surface area (Å²) in [5.74, 6) is -1.33. The number of carboxylic acids is 1. The molecule has 1 fully saturated rings. The maximum absolute atomic E-state index is 13.9. The van der Waals surface area contributed by atoms with E-state index in [4.69, 9.17) is 0 Å². The largest absolute Gasteiger partial charge is 0.478 e. The van der Waals surface area contributed by atoms with Crippen molar-refractivity contribution in [2.45, 2.75) is 31.1 Å². The van der Waals surface area contributed by atoms with Crippen LogP contribution in [0.3, 0.4) is 0 Å². The Morgan fingerprint density at radius 2 is 1.70 bits per heavy atom. The zero-order valence-electron chi connectivity index (χ0n) is 21.0. The molecule has 1 aliphatic carbocycles. The van der Waals surface area contributed by atoms with Crippen LogP contribution < -0.4 is 5.32 Å². The molecule has 2 aromatic heterocycles. The van der Waals surface area contributed by atoms with Gasteiger partial charge in [-0.2, -0.15) is 18.3 Å². The zero-order valence-corrected chi connectivity index (χ0v) is 21.0. The first-order valence-corrected chi connectivity index (χ1v) is 12.6. The van der Waals surface area contributed by atoms with Crippen LogP contribution in [0.25, 0.3) is 16.6 Å². The van der Waals surface area contributed by atoms with Crippen molar-refractivity contribution < 1.29 is 27.9 Å². The molecule has 5 aromatic rings. The third kappa shape index (κ3) is 4.72. The summed E-state index contributed by atoms with van der Waals surface area (Å²) in [7, 11) is 0. The van der Waals surface area contributed by atoms with E-state index in [0.29, 0.717) is 35.2 Å². The number of aromatic nitrogens is 3. The standard InChI is InChI=1S/C30H23F3N4O3/c31-30(32,33)23-6-2-19(3-7-23)18-36-15-10-21-16-24(37-14-1-13-34-37)17-25(26(21)36)27(38)35-29(11-12-29)22-8-4-20(5-9-22)28(39)40/h1-10,13-17H,11-12,18H2,(H,35,38)(H,39,40). The first-order chi connectivity index (χ1) is 19.1. The second-order valence-corrected chi connectivity index (χ2v) is 9.94. The highest BCUT2D eigenvalue weighted by Gasteiger charge is 2.46. The molecule has 0 bridgehead atoms. The van der Waals surface area contributed by atoms with Gasteiger partial charge in [-0.05, 0) is 72.5 Å². The SMILES string of the molecule is O=C(O)c1ccc(C2(NC(=O)c3cc(-n4cccn4)cc4ccn(Cc5ccc(C(F)(F)F)cc5)c34)CC2)cc1. The summed E-state index contributed by atoms with van der Waals surface area (Å²) in [6.45, 7) is 0.269. The van der Waals surface area contributed by atoms with Crippen molar-refractivity contribution in [3.05, 3.63) is 119 Å². The van der Waals surface area contributed by atoms with Crippen LogP contribution in [0.5, 0.6) is 0 Å². The van der Waals surface area contributed by atoms with Crippen LogP contribution in [0.1, 0.15) is 50.2 Å². The number of nitrogens with one attached hydrogen (secondary N) is 1. The summed E-state index contributed by atoms with van der Waals surface area (Å²) >= 11 is 0. The molecule has 6 rings (SSSR count). The van der Waals surface area contributed by atoms with E-state index < -0.39 is 23.2 Å². The number of amides is 1. The van der Waals surface area contributed by atoms with Gasteiger partial charge in [0, 0.05) is 30.5 Å². The lowest BCUT2D eigenvalue weighted by molar-refractivity contribution is -0.137. The minimum atomic E-state index is -4.42. The Hall–Kier alpha value is -4.86. The highest BCUT2D eigenvalue weighted by atomic mass is 19.4. The monoisotopic (exact) mass is 544 g/mol. The Kier molecular flexibility index (Phi) is 5.98. The highest BCUT2D eigenvalue weighted by Crippen LogP contribution is 2.46. The predicted molar refractivity (Wildman–Crippen MR) is 141 cm³/mol. The molecule has 0 unspecified atom stereocenters. The van der Waals surface area contributed by atoms with E-state index in [1.807, 2.05) is 22.9 Å². The number of nitrogens with zero attached hydrogens (tertiary/aromatic N) is 3. The summed E-state index contributed by atoms with van der Waals surface area (Å²) in [5.41, 5.74) is 2.05. The second-order valence-electron chi connectivity index (χ2n) is 9.94. The lowest BCUT2D eigenvalue weighted by Crippen LogP contribution is -2.35. The molecule has 1 amide bonds. The van der Waals surface area contributed by atoms with Gasteiger partial charge >= 0.3 is 12.1 Å². The Morgan fingerprint density at radius 3 is 2.30 bits per heavy atom. The van der Waals surface area contributed by atoms with Gasteiger partial charge in [-0.1, -0.05) is 24.3 Å². The van der Waals surface area contributed by atoms with E-state index in [1.54, 1.807) is 41.3 Å². The van der Waals surface area contributed by atoms with E-state index in [0.717, 1.165) is 23.1 Å². The van der Waals surface area contributed by atoms with E-state index in [9.17, 15) is 27.9 Å². The van der Waals surface area contributed by atoms with Gasteiger partial charge in [-0.3, -0.25) is 4.79 Å². The van der Waals surface area contributed by atoms with Gasteiger partial charge < -0.3 is 15.0 Å². The topological polar surface area (TPSA) is 89.2 Å². The summed E-state index contributed by atoms with van der Waals surface area (Å²) in [4.78, 5) is 25.1. The van der Waals surface area contributed by atoms with Crippen molar-refractivity contribution in [2.24, 2.45) is 0 Å². The fraction of sp³-hybridized carbons (Fsp3) is 0.167. The van der Waals surface area contributed by atoms with Gasteiger partial charge in [0.25, 0.3) is 5.91 Å². The first-order valence-electron chi connectivity index (χ1n) is 12.6. The van der Waals surface area contributed by atoms with Gasteiger partial charge in [0.2, 0.25) is 0 Å². The maximum Gasteiger partial charge on any atom is 0.416 e. The van der Waals surface area contributed by atoms with Crippen molar-refractivity contribution in [1.82, 2.24) is 19.7 Å². The van der Waals surface area contributed by atoms with Gasteiger partial charge in [-0.15, -0.1) is 0 Å². The average Bonchev–Trinajstić information content (AvgIpc) is 3.31. The smallest absolute Gasteiger partial charge is 0.416 e. The molecule has 0 radical (unpaired) electrons. The number of carboxylic acid groups (broad SMARTS) is 1. The van der Waals surface area contributed by atoms with Crippen molar-refractivity contribution in [1.29, 1.82) is 0 Å². The summed E-state index contributed by atoms with van der Waals surface area (Å²) in [5, 5.41) is 17.5. The highest BCUT2D eigenvalue weighted by molar-refractivity contribution is 6.07. The summed E-state index contributed by atoms with van der Waals surface area (Å²) < 4.78 is 42.6. The molecule has 0 saturated heterocycles. The van der Waals surface area contributed by atoms with Crippen molar-refractivity contribution in [3.63, 3.8) is 0 Å². The van der Waals surface area contributed by atoms with E-state index in [-0.39, 0.29) is 18.0 Å². The maximum atomic E-state index is 13.9. The third-order valence-electron chi connectivity index (χ3n) is 7.28. The molecule has 2 heterocycles. The number of aromatic carboxylic acids is 1. The van der Waals surface area contributed by atoms with Crippen molar-refractivity contribution >= 4 is 22.8 Å². The molecule has 0 atom stereocenters. The van der Waals surface area contributed by atoms with Crippen molar-refractivity contribution in [2.75, 3.05) is 0 Å². The molecule has 202 valence electrons. The molecular formula is C30H23F3N4O3. The molecule has 3 aromatic carbocycles. The van der Waals surface area contributed by atoms with Gasteiger partial charge in [0.05, 0.1) is 33.4 Å². The summed E-state index contributed by atoms with van der Waals surface area (Å²) in [6, 6.07) is 18.8. The summed E-state index contributed by atoms with van der Waals surface area (Å²) in [6.07, 6.45) is 2.22. The Morgan fingerprint density at radius 1 is 0.975 bits per heavy atom. The van der Waals surface area contributed by atoms with Crippen molar-refractivity contribution in [3.8, 4) is 5.69 Å². The Balaban J connectivity index is 1.37. The van der Waals surface area contributed by atoms with Gasteiger partial charge in [-0.25, -0.2) is 9.48 Å². The number of carbonyl (C=O) groups is 2. The minimum Gasteiger partial charge on any atom is -0.478 e. The molecule has 0 spiro atoms. The lowest BCUT2D eigenvalue weighted by atomic mass is 10.0. The molecule has 7 nitrogen and oxygen atoms in total. The predicted octanol–water partition coefficient (Wildman–Crippen LogP) is 6.01. The van der Waals surface area contributed by atoms with Gasteiger partial charge in [0.15, 0.2) is 0 Å². The Labute approximate surface area is 226 Å². The number of rotatable bonds is 7. The number of hydrogen-bond acceptors (Lipinski definition) is 3. The molecule has 1 aliphatic rings. The lowest BCUT2D eigenvalue weighted by Gasteiger charge is -2.20. The van der Waals surface area contributed by atoms with Crippen LogP contribution in [-0.2, 0) is 18.3 Å². The molecule has 0 aliphatic heterocycles. The number of fused-ring (bicyclic) bond motifs is 1. The number of hydrogen-bond donors (Lipinski definition) is 2. The van der Waals surface area contributed by atoms with Crippen LogP contribution in [0.15, 0.2) is 91.4 Å². The van der Waals surface area contributed by atoms with Crippen LogP contribution in [0.4, 0.5) is 13.2 Å². The number of benzene rings is 3.